The van der Waals surface area contributed by atoms with Crippen molar-refractivity contribution in [2.24, 2.45) is 51.2 Å². The van der Waals surface area contributed by atoms with Crippen molar-refractivity contribution in [2.75, 3.05) is 13.2 Å². The minimum atomic E-state index is -1.57. The first-order valence-corrected chi connectivity index (χ1v) is 21.3. The molecule has 2 saturated heterocycles. The monoisotopic (exact) mass is 812 g/mol. The van der Waals surface area contributed by atoms with E-state index in [-0.39, 0.29) is 30.1 Å². The van der Waals surface area contributed by atoms with Gasteiger partial charge in [-0.3, -0.25) is 4.79 Å². The maximum atomic E-state index is 14.7. The molecule has 328 valence electrons. The van der Waals surface area contributed by atoms with Crippen molar-refractivity contribution in [1.82, 2.24) is 0 Å². The summed E-state index contributed by atoms with van der Waals surface area (Å²) in [5, 5.41) is 96.0. The Morgan fingerprint density at radius 3 is 2.05 bits per heavy atom. The second-order valence-electron chi connectivity index (χ2n) is 20.6. The molecule has 3 saturated carbocycles. The standard InChI is InChI=1S/C43H72O14/c1-20(10-12-30(40(5,6)53)57-37-34(51)31(48)21(2)26(18-44)54-37)22-14-15-41(7)36-25(46)16-24-23(43(36,9)28(47)17-42(22,41)8)11-13-29(39(24,3)4)56-38-35(52)33(50)32(49)27(19-45)55-38/h16,20-23,26-38,44-45,47-53H,10-15,17-19H2,1-9H3/t20-,21-,22?,23?,26-,27-,28-,29+,30-,31+,32-,33+,34-,35-,36?,37+,38+,41+,42-,43-/m1/s1. The molecule has 9 N–H and O–H groups in total. The second kappa shape index (κ2) is 16.0. The van der Waals surface area contributed by atoms with Crippen LogP contribution in [0.2, 0.25) is 0 Å². The third kappa shape index (κ3) is 7.31. The van der Waals surface area contributed by atoms with Crippen LogP contribution in [0, 0.1) is 51.2 Å². The maximum absolute atomic E-state index is 14.7. The summed E-state index contributed by atoms with van der Waals surface area (Å²) >= 11 is 0. The van der Waals surface area contributed by atoms with E-state index >= 15 is 0 Å². The first-order chi connectivity index (χ1) is 26.4. The van der Waals surface area contributed by atoms with E-state index in [0.29, 0.717) is 32.1 Å². The predicted molar refractivity (Wildman–Crippen MR) is 206 cm³/mol. The van der Waals surface area contributed by atoms with Gasteiger partial charge in [0.05, 0.1) is 49.3 Å². The van der Waals surface area contributed by atoms with Crippen molar-refractivity contribution in [3.8, 4) is 0 Å². The molecule has 20 atom stereocenters. The highest BCUT2D eigenvalue weighted by molar-refractivity contribution is 5.95. The van der Waals surface area contributed by atoms with Crippen LogP contribution >= 0.6 is 0 Å². The number of carbonyl (C=O) groups excluding carboxylic acids is 1. The highest BCUT2D eigenvalue weighted by Gasteiger charge is 2.72. The Morgan fingerprint density at radius 2 is 1.44 bits per heavy atom. The average Bonchev–Trinajstić information content (AvgIpc) is 3.40. The number of fused-ring (bicyclic) bond motifs is 5. The van der Waals surface area contributed by atoms with Crippen LogP contribution in [0.15, 0.2) is 11.6 Å². The highest BCUT2D eigenvalue weighted by Crippen LogP contribution is 2.74. The molecule has 57 heavy (non-hydrogen) atoms. The summed E-state index contributed by atoms with van der Waals surface area (Å²) in [5.41, 5.74) is -2.71. The third-order valence-corrected chi connectivity index (χ3v) is 16.7. The lowest BCUT2D eigenvalue weighted by molar-refractivity contribution is -0.320. The van der Waals surface area contributed by atoms with Gasteiger partial charge in [0.25, 0.3) is 0 Å². The summed E-state index contributed by atoms with van der Waals surface area (Å²) in [6.45, 7) is 16.8. The Bertz CT molecular complexity index is 1480. The summed E-state index contributed by atoms with van der Waals surface area (Å²) in [7, 11) is 0. The van der Waals surface area contributed by atoms with Crippen LogP contribution in [0.5, 0.6) is 0 Å². The summed E-state index contributed by atoms with van der Waals surface area (Å²) in [5.74, 6) is -0.798. The molecule has 0 aromatic carbocycles. The Hall–Kier alpha value is -1.11. The number of ether oxygens (including phenoxy) is 4. The van der Waals surface area contributed by atoms with Crippen LogP contribution in [-0.4, -0.2) is 144 Å². The van der Waals surface area contributed by atoms with Crippen molar-refractivity contribution >= 4 is 5.78 Å². The molecule has 2 heterocycles. The van der Waals surface area contributed by atoms with Gasteiger partial charge in [0.1, 0.15) is 30.5 Å². The predicted octanol–water partition coefficient (Wildman–Crippen LogP) is 1.57. The number of aliphatic hydroxyl groups excluding tert-OH is 8. The van der Waals surface area contributed by atoms with Crippen molar-refractivity contribution in [3.05, 3.63) is 11.6 Å². The zero-order valence-corrected chi connectivity index (χ0v) is 35.3. The van der Waals surface area contributed by atoms with Crippen LogP contribution in [0.1, 0.15) is 107 Å². The molecule has 5 fully saturated rings. The van der Waals surface area contributed by atoms with Crippen LogP contribution in [0.4, 0.5) is 0 Å². The van der Waals surface area contributed by atoms with E-state index in [1.165, 1.54) is 0 Å². The zero-order valence-electron chi connectivity index (χ0n) is 35.3. The smallest absolute Gasteiger partial charge is 0.187 e. The van der Waals surface area contributed by atoms with E-state index in [9.17, 15) is 50.8 Å². The molecule has 6 rings (SSSR count). The maximum Gasteiger partial charge on any atom is 0.187 e. The number of aliphatic hydroxyl groups is 9. The Morgan fingerprint density at radius 1 is 0.825 bits per heavy atom. The largest absolute Gasteiger partial charge is 0.394 e. The van der Waals surface area contributed by atoms with E-state index in [4.69, 9.17) is 18.9 Å². The summed E-state index contributed by atoms with van der Waals surface area (Å²) < 4.78 is 24.1. The van der Waals surface area contributed by atoms with Crippen molar-refractivity contribution in [2.45, 2.75) is 186 Å². The number of carbonyl (C=O) groups is 1. The van der Waals surface area contributed by atoms with Crippen molar-refractivity contribution in [3.63, 3.8) is 0 Å². The van der Waals surface area contributed by atoms with Crippen molar-refractivity contribution in [1.29, 1.82) is 0 Å². The highest BCUT2D eigenvalue weighted by atomic mass is 16.7. The lowest BCUT2D eigenvalue weighted by Crippen LogP contribution is -2.67. The summed E-state index contributed by atoms with van der Waals surface area (Å²) in [6.07, 6.45) is -7.34. The van der Waals surface area contributed by atoms with Gasteiger partial charge in [0.2, 0.25) is 0 Å². The number of rotatable bonds is 11. The molecule has 0 radical (unpaired) electrons. The third-order valence-electron chi connectivity index (χ3n) is 16.7. The van der Waals surface area contributed by atoms with E-state index < -0.39 is 119 Å². The first-order valence-electron chi connectivity index (χ1n) is 21.3. The molecular weight excluding hydrogens is 740 g/mol. The fraction of sp³-hybridized carbons (Fsp3) is 0.930. The SMILES string of the molecule is C[C@H]1[C@H](O)[C@@H](O)[C@H](O[C@H](CC[C@@H](C)C2CC[C@@]3(C)C4C(=O)C=C5C(CC[C@H](O[C@@H]6O[C@H](CO)[C@@H](O)[C@H](O)[C@H]6O)C5(C)C)[C@]4(C)[C@H](O)C[C@]23C)C(C)(C)O)O[C@@H]1CO. The Balaban J connectivity index is 1.20. The van der Waals surface area contributed by atoms with E-state index in [2.05, 4.69) is 27.7 Å². The number of ketones is 1. The Labute approximate surface area is 337 Å². The molecule has 6 aliphatic rings. The average molecular weight is 813 g/mol. The van der Waals surface area contributed by atoms with Crippen molar-refractivity contribution < 1.29 is 69.7 Å². The lowest BCUT2D eigenvalue weighted by atomic mass is 9.38. The van der Waals surface area contributed by atoms with Crippen LogP contribution in [-0.2, 0) is 23.7 Å². The summed E-state index contributed by atoms with van der Waals surface area (Å²) in [4.78, 5) is 14.7. The molecule has 3 unspecified atom stereocenters. The quantitative estimate of drug-likeness (QED) is 0.144. The van der Waals surface area contributed by atoms with Gasteiger partial charge in [0, 0.05) is 22.7 Å². The van der Waals surface area contributed by atoms with Gasteiger partial charge in [-0.1, -0.05) is 54.0 Å². The molecule has 0 aromatic heterocycles. The van der Waals surface area contributed by atoms with Crippen LogP contribution in [0.3, 0.4) is 0 Å². The molecule has 0 bridgehead atoms. The van der Waals surface area contributed by atoms with Gasteiger partial charge in [-0.05, 0) is 93.5 Å². The van der Waals surface area contributed by atoms with Crippen LogP contribution < -0.4 is 0 Å². The lowest BCUT2D eigenvalue weighted by Gasteiger charge is -2.66. The molecule has 14 heteroatoms. The Kier molecular flexibility index (Phi) is 12.7. The van der Waals surface area contributed by atoms with E-state index in [1.807, 2.05) is 13.8 Å². The van der Waals surface area contributed by atoms with Gasteiger partial charge < -0.3 is 64.9 Å². The minimum Gasteiger partial charge on any atom is -0.394 e. The van der Waals surface area contributed by atoms with Crippen LogP contribution in [0.25, 0.3) is 0 Å². The van der Waals surface area contributed by atoms with Gasteiger partial charge in [-0.2, -0.15) is 0 Å². The van der Waals surface area contributed by atoms with Gasteiger partial charge >= 0.3 is 0 Å². The molecular formula is C43H72O14. The first kappa shape index (κ1) is 45.4. The van der Waals surface area contributed by atoms with Gasteiger partial charge in [-0.25, -0.2) is 0 Å². The number of hydrogen-bond donors (Lipinski definition) is 9. The minimum absolute atomic E-state index is 0.00897. The molecule has 0 aromatic rings. The van der Waals surface area contributed by atoms with E-state index in [1.54, 1.807) is 26.8 Å². The summed E-state index contributed by atoms with van der Waals surface area (Å²) in [6, 6.07) is 0. The van der Waals surface area contributed by atoms with Gasteiger partial charge in [0.15, 0.2) is 18.4 Å². The fourth-order valence-electron chi connectivity index (χ4n) is 12.8. The number of allylic oxidation sites excluding steroid dienone is 1. The second-order valence-corrected chi connectivity index (χ2v) is 20.6. The van der Waals surface area contributed by atoms with Gasteiger partial charge in [-0.15, -0.1) is 0 Å². The topological polar surface area (TPSA) is 236 Å². The molecule has 0 spiro atoms. The molecule has 2 aliphatic heterocycles. The zero-order chi connectivity index (χ0) is 42.4. The van der Waals surface area contributed by atoms with E-state index in [0.717, 1.165) is 18.4 Å². The molecule has 14 nitrogen and oxygen atoms in total. The number of hydrogen-bond acceptors (Lipinski definition) is 14. The molecule has 0 amide bonds. The fourth-order valence-corrected chi connectivity index (χ4v) is 12.8. The molecule has 4 aliphatic carbocycles. The normalized spacial score (nSPS) is 49.7.